The number of hydrogen-bond acceptors (Lipinski definition) is 4. The zero-order valence-electron chi connectivity index (χ0n) is 5.43. The molecule has 0 rings (SSSR count). The maximum Gasteiger partial charge on any atom is 0.403 e. The fourth-order valence-electron chi connectivity index (χ4n) is 0.307. The third-order valence-corrected chi connectivity index (χ3v) is 0.713. The quantitative estimate of drug-likeness (QED) is 0.356. The van der Waals surface area contributed by atoms with Crippen molar-refractivity contribution in [2.45, 2.75) is 6.92 Å². The van der Waals surface area contributed by atoms with Crippen molar-refractivity contribution in [2.75, 3.05) is 13.2 Å². The molecule has 0 heterocycles. The maximum absolute atomic E-state index is 10.1. The summed E-state index contributed by atoms with van der Waals surface area (Å²) in [6, 6.07) is 0. The van der Waals surface area contributed by atoms with E-state index in [0.29, 0.717) is 0 Å². The first-order valence-electron chi connectivity index (χ1n) is 2.58. The fourth-order valence-corrected chi connectivity index (χ4v) is 0.384. The first-order valence-corrected chi connectivity index (χ1v) is 2.96. The van der Waals surface area contributed by atoms with E-state index in [0.717, 1.165) is 0 Å². The molecule has 0 aromatic heterocycles. The minimum atomic E-state index is -0.896. The van der Waals surface area contributed by atoms with Gasteiger partial charge < -0.3 is 9.47 Å². The van der Waals surface area contributed by atoms with Crippen molar-refractivity contribution in [3.63, 3.8) is 0 Å². The van der Waals surface area contributed by atoms with Crippen molar-refractivity contribution in [3.05, 3.63) is 0 Å². The number of halogens is 1. The predicted octanol–water partition coefficient (Wildman–Crippen LogP) is 0.925. The highest BCUT2D eigenvalue weighted by molar-refractivity contribution is 6.61. The Morgan fingerprint density at radius 3 is 2.20 bits per heavy atom. The molecule has 0 spiro atoms. The van der Waals surface area contributed by atoms with Gasteiger partial charge in [0.1, 0.15) is 13.2 Å². The first-order chi connectivity index (χ1) is 4.63. The van der Waals surface area contributed by atoms with Crippen LogP contribution in [0, 0.1) is 0 Å². The van der Waals surface area contributed by atoms with Gasteiger partial charge in [-0.25, -0.2) is 4.79 Å². The fraction of sp³-hybridized carbons (Fsp3) is 0.600. The molecule has 0 aromatic carbocycles. The molecule has 0 radical (unpaired) electrons. The summed E-state index contributed by atoms with van der Waals surface area (Å²) in [5, 5.41) is 0. The highest BCUT2D eigenvalue weighted by atomic mass is 35.5. The minimum absolute atomic E-state index is 0.00190. The Bertz CT molecular complexity index is 118. The van der Waals surface area contributed by atoms with Gasteiger partial charge in [0.2, 0.25) is 0 Å². The molecule has 0 saturated carbocycles. The predicted molar refractivity (Wildman–Crippen MR) is 33.8 cm³/mol. The van der Waals surface area contributed by atoms with Crippen LogP contribution in [0.15, 0.2) is 0 Å². The maximum atomic E-state index is 10.1. The molecule has 0 saturated heterocycles. The van der Waals surface area contributed by atoms with Crippen LogP contribution in [0.5, 0.6) is 0 Å². The van der Waals surface area contributed by atoms with Gasteiger partial charge in [-0.3, -0.25) is 4.79 Å². The summed E-state index contributed by atoms with van der Waals surface area (Å²) in [5.41, 5.74) is -0.896. The number of carbonyl (C=O) groups is 2. The molecule has 5 heteroatoms. The Morgan fingerprint density at radius 2 is 1.80 bits per heavy atom. The lowest BCUT2D eigenvalue weighted by Gasteiger charge is -1.99. The molecular weight excluding hydrogens is 160 g/mol. The second kappa shape index (κ2) is 5.05. The van der Waals surface area contributed by atoms with E-state index in [9.17, 15) is 9.59 Å². The highest BCUT2D eigenvalue weighted by Gasteiger charge is 1.95. The van der Waals surface area contributed by atoms with E-state index in [1.807, 2.05) is 0 Å². The van der Waals surface area contributed by atoms with E-state index in [-0.39, 0.29) is 13.2 Å². The van der Waals surface area contributed by atoms with Gasteiger partial charge >= 0.3 is 11.4 Å². The van der Waals surface area contributed by atoms with Gasteiger partial charge in [-0.15, -0.1) is 0 Å². The van der Waals surface area contributed by atoms with E-state index in [1.165, 1.54) is 6.92 Å². The zero-order chi connectivity index (χ0) is 7.98. The largest absolute Gasteiger partial charge is 0.462 e. The summed E-state index contributed by atoms with van der Waals surface area (Å²) in [4.78, 5) is 20.0. The third kappa shape index (κ3) is 7.23. The molecule has 4 nitrogen and oxygen atoms in total. The summed E-state index contributed by atoms with van der Waals surface area (Å²) >= 11 is 4.79. The molecule has 0 aliphatic carbocycles. The van der Waals surface area contributed by atoms with Crippen LogP contribution in [0.1, 0.15) is 6.92 Å². The van der Waals surface area contributed by atoms with Gasteiger partial charge in [0.25, 0.3) is 0 Å². The Hall–Kier alpha value is -0.770. The second-order valence-corrected chi connectivity index (χ2v) is 1.73. The molecule has 58 valence electrons. The van der Waals surface area contributed by atoms with Gasteiger partial charge in [0.15, 0.2) is 0 Å². The minimum Gasteiger partial charge on any atom is -0.462 e. The van der Waals surface area contributed by atoms with Crippen molar-refractivity contribution in [3.8, 4) is 0 Å². The van der Waals surface area contributed by atoms with E-state index < -0.39 is 11.4 Å². The lowest BCUT2D eigenvalue weighted by atomic mass is 10.7. The van der Waals surface area contributed by atoms with Crippen LogP contribution in [-0.4, -0.2) is 24.6 Å². The molecule has 0 bridgehead atoms. The molecule has 0 N–H and O–H groups in total. The number of esters is 1. The molecule has 0 aromatic rings. The van der Waals surface area contributed by atoms with Crippen LogP contribution < -0.4 is 0 Å². The van der Waals surface area contributed by atoms with Crippen molar-refractivity contribution in [1.82, 2.24) is 0 Å². The molecule has 0 fully saturated rings. The van der Waals surface area contributed by atoms with Crippen molar-refractivity contribution in [1.29, 1.82) is 0 Å². The Labute approximate surface area is 63.1 Å². The van der Waals surface area contributed by atoms with Gasteiger partial charge in [0, 0.05) is 18.5 Å². The lowest BCUT2D eigenvalue weighted by molar-refractivity contribution is -0.141. The van der Waals surface area contributed by atoms with E-state index in [4.69, 9.17) is 11.6 Å². The van der Waals surface area contributed by atoms with Crippen molar-refractivity contribution in [2.24, 2.45) is 0 Å². The van der Waals surface area contributed by atoms with Crippen molar-refractivity contribution < 1.29 is 19.1 Å². The van der Waals surface area contributed by atoms with Gasteiger partial charge in [-0.2, -0.15) is 0 Å². The third-order valence-electron chi connectivity index (χ3n) is 0.604. The second-order valence-electron chi connectivity index (χ2n) is 1.43. The summed E-state index contributed by atoms with van der Waals surface area (Å²) in [6.07, 6.45) is 0. The van der Waals surface area contributed by atoms with Crippen LogP contribution in [-0.2, 0) is 14.3 Å². The topological polar surface area (TPSA) is 52.6 Å². The molecule has 10 heavy (non-hydrogen) atoms. The molecular formula is C5H7ClO4. The number of carbonyl (C=O) groups excluding carboxylic acids is 2. The summed E-state index contributed by atoms with van der Waals surface area (Å²) in [5.74, 6) is -0.411. The Morgan fingerprint density at radius 1 is 1.30 bits per heavy atom. The standard InChI is InChI=1S/C5H7ClO4/c1-4(7)9-2-3-10-5(6)8/h2-3H2,1H3. The average molecular weight is 167 g/mol. The summed E-state index contributed by atoms with van der Waals surface area (Å²) < 4.78 is 8.66. The Balaban J connectivity index is 3.06. The average Bonchev–Trinajstić information content (AvgIpc) is 1.79. The smallest absolute Gasteiger partial charge is 0.403 e. The normalized spacial score (nSPS) is 8.60. The van der Waals surface area contributed by atoms with Crippen LogP contribution in [0.2, 0.25) is 0 Å². The Kier molecular flexibility index (Phi) is 4.66. The molecule has 0 amide bonds. The number of ether oxygens (including phenoxy) is 2. The van der Waals surface area contributed by atoms with Gasteiger partial charge in [-0.05, 0) is 0 Å². The lowest BCUT2D eigenvalue weighted by Crippen LogP contribution is -2.08. The summed E-state index contributed by atoms with van der Waals surface area (Å²) in [6.45, 7) is 1.32. The molecule has 0 unspecified atom stereocenters. The first kappa shape index (κ1) is 9.23. The highest BCUT2D eigenvalue weighted by Crippen LogP contribution is 1.86. The van der Waals surface area contributed by atoms with E-state index in [2.05, 4.69) is 9.47 Å². The van der Waals surface area contributed by atoms with Crippen LogP contribution in [0.3, 0.4) is 0 Å². The monoisotopic (exact) mass is 166 g/mol. The van der Waals surface area contributed by atoms with Crippen molar-refractivity contribution >= 4 is 23.0 Å². The summed E-state index contributed by atoms with van der Waals surface area (Å²) in [7, 11) is 0. The molecule has 0 aliphatic rings. The number of rotatable bonds is 3. The zero-order valence-corrected chi connectivity index (χ0v) is 6.18. The van der Waals surface area contributed by atoms with Crippen LogP contribution >= 0.6 is 11.6 Å². The SMILES string of the molecule is CC(=O)OCCOC(=O)Cl. The number of hydrogen-bond donors (Lipinski definition) is 0. The van der Waals surface area contributed by atoms with E-state index >= 15 is 0 Å². The van der Waals surface area contributed by atoms with Gasteiger partial charge in [-0.1, -0.05) is 0 Å². The van der Waals surface area contributed by atoms with Crippen LogP contribution in [0.4, 0.5) is 4.79 Å². The van der Waals surface area contributed by atoms with Crippen LogP contribution in [0.25, 0.3) is 0 Å². The molecule has 0 aliphatic heterocycles. The molecule has 0 atom stereocenters. The van der Waals surface area contributed by atoms with E-state index in [1.54, 1.807) is 0 Å². The van der Waals surface area contributed by atoms with Gasteiger partial charge in [0.05, 0.1) is 0 Å².